The maximum atomic E-state index is 5.78. The first kappa shape index (κ1) is 10.1. The fourth-order valence-corrected chi connectivity index (χ4v) is 1.22. The van der Waals surface area contributed by atoms with Crippen LogP contribution in [0, 0.1) is 13.8 Å². The molecule has 0 unspecified atom stereocenters. The number of nitrogens with two attached hydrogens (primary N) is 1. The van der Waals surface area contributed by atoms with Gasteiger partial charge < -0.3 is 10.5 Å². The van der Waals surface area contributed by atoms with Crippen LogP contribution in [0.2, 0.25) is 0 Å². The second-order valence-corrected chi connectivity index (χ2v) is 3.00. The summed E-state index contributed by atoms with van der Waals surface area (Å²) in [4.78, 5) is 0. The van der Waals surface area contributed by atoms with Gasteiger partial charge in [0, 0.05) is 6.61 Å². The average molecular weight is 183 g/mol. The van der Waals surface area contributed by atoms with Gasteiger partial charge >= 0.3 is 0 Å². The molecule has 1 aromatic heterocycles. The molecule has 0 radical (unpaired) electrons. The van der Waals surface area contributed by atoms with Gasteiger partial charge in [-0.15, -0.1) is 0 Å². The summed E-state index contributed by atoms with van der Waals surface area (Å²) in [5.74, 6) is 0. The van der Waals surface area contributed by atoms with Crippen molar-refractivity contribution in [3.63, 3.8) is 0 Å². The van der Waals surface area contributed by atoms with E-state index in [1.165, 1.54) is 0 Å². The number of ether oxygens (including phenoxy) is 1. The summed E-state index contributed by atoms with van der Waals surface area (Å²) >= 11 is 0. The van der Waals surface area contributed by atoms with E-state index in [2.05, 4.69) is 5.10 Å². The standard InChI is InChI=1S/C9H17N3O/c1-4-13-6-5-12-8(3)9(10)7(2)11-12/h4-6,10H2,1-3H3. The van der Waals surface area contributed by atoms with Crippen molar-refractivity contribution in [2.45, 2.75) is 27.3 Å². The van der Waals surface area contributed by atoms with Gasteiger partial charge in [0.2, 0.25) is 0 Å². The lowest BCUT2D eigenvalue weighted by Crippen LogP contribution is -2.09. The highest BCUT2D eigenvalue weighted by Crippen LogP contribution is 2.14. The van der Waals surface area contributed by atoms with Gasteiger partial charge in [0.05, 0.1) is 30.2 Å². The molecular formula is C9H17N3O. The number of anilines is 1. The van der Waals surface area contributed by atoms with Crippen LogP contribution in [0.15, 0.2) is 0 Å². The van der Waals surface area contributed by atoms with Crippen LogP contribution in [-0.4, -0.2) is 23.0 Å². The maximum Gasteiger partial charge on any atom is 0.0825 e. The normalized spacial score (nSPS) is 10.7. The number of aromatic nitrogens is 2. The van der Waals surface area contributed by atoms with E-state index in [0.717, 1.165) is 30.2 Å². The van der Waals surface area contributed by atoms with Crippen molar-refractivity contribution in [1.82, 2.24) is 9.78 Å². The third kappa shape index (κ3) is 2.21. The molecule has 0 spiro atoms. The molecule has 0 atom stereocenters. The van der Waals surface area contributed by atoms with Crippen LogP contribution in [0.1, 0.15) is 18.3 Å². The third-order valence-electron chi connectivity index (χ3n) is 2.09. The summed E-state index contributed by atoms with van der Waals surface area (Å²) < 4.78 is 7.13. The van der Waals surface area contributed by atoms with E-state index >= 15 is 0 Å². The van der Waals surface area contributed by atoms with Crippen LogP contribution in [0.3, 0.4) is 0 Å². The molecule has 0 aliphatic carbocycles. The van der Waals surface area contributed by atoms with Crippen molar-refractivity contribution in [3.8, 4) is 0 Å². The Balaban J connectivity index is 2.61. The Kier molecular flexibility index (Phi) is 3.31. The average Bonchev–Trinajstić information content (AvgIpc) is 2.34. The van der Waals surface area contributed by atoms with E-state index in [9.17, 15) is 0 Å². The second-order valence-electron chi connectivity index (χ2n) is 3.00. The highest BCUT2D eigenvalue weighted by molar-refractivity contribution is 5.46. The largest absolute Gasteiger partial charge is 0.396 e. The van der Waals surface area contributed by atoms with Gasteiger partial charge in [0.1, 0.15) is 0 Å². The van der Waals surface area contributed by atoms with Gasteiger partial charge in [-0.05, 0) is 20.8 Å². The number of nitrogens with zero attached hydrogens (tertiary/aromatic N) is 2. The molecule has 2 N–H and O–H groups in total. The van der Waals surface area contributed by atoms with Crippen LogP contribution in [0.4, 0.5) is 5.69 Å². The molecule has 1 aromatic rings. The molecule has 1 heterocycles. The SMILES string of the molecule is CCOCCn1nc(C)c(N)c1C. The van der Waals surface area contributed by atoms with Gasteiger partial charge in [-0.3, -0.25) is 4.68 Å². The van der Waals surface area contributed by atoms with Crippen molar-refractivity contribution in [3.05, 3.63) is 11.4 Å². The predicted octanol–water partition coefficient (Wildman–Crippen LogP) is 1.12. The summed E-state index contributed by atoms with van der Waals surface area (Å²) in [6.07, 6.45) is 0. The summed E-state index contributed by atoms with van der Waals surface area (Å²) in [5.41, 5.74) is 8.49. The van der Waals surface area contributed by atoms with Gasteiger partial charge in [-0.25, -0.2) is 0 Å². The van der Waals surface area contributed by atoms with E-state index in [1.807, 2.05) is 25.5 Å². The number of rotatable bonds is 4. The Labute approximate surface area is 78.7 Å². The Morgan fingerprint density at radius 3 is 2.62 bits per heavy atom. The van der Waals surface area contributed by atoms with Crippen LogP contribution >= 0.6 is 0 Å². The fourth-order valence-electron chi connectivity index (χ4n) is 1.22. The Morgan fingerprint density at radius 2 is 2.15 bits per heavy atom. The van der Waals surface area contributed by atoms with Crippen molar-refractivity contribution < 1.29 is 4.74 Å². The van der Waals surface area contributed by atoms with Gasteiger partial charge in [-0.1, -0.05) is 0 Å². The zero-order valence-corrected chi connectivity index (χ0v) is 8.50. The number of hydrogen-bond donors (Lipinski definition) is 1. The van der Waals surface area contributed by atoms with Crippen molar-refractivity contribution >= 4 is 5.69 Å². The molecule has 0 saturated heterocycles. The zero-order chi connectivity index (χ0) is 9.84. The van der Waals surface area contributed by atoms with Gasteiger partial charge in [0.25, 0.3) is 0 Å². The molecule has 13 heavy (non-hydrogen) atoms. The highest BCUT2D eigenvalue weighted by atomic mass is 16.5. The quantitative estimate of drug-likeness (QED) is 0.712. The Bertz CT molecular complexity index is 281. The zero-order valence-electron chi connectivity index (χ0n) is 8.50. The number of hydrogen-bond acceptors (Lipinski definition) is 3. The minimum Gasteiger partial charge on any atom is -0.396 e. The van der Waals surface area contributed by atoms with Gasteiger partial charge in [0.15, 0.2) is 0 Å². The van der Waals surface area contributed by atoms with Crippen LogP contribution in [-0.2, 0) is 11.3 Å². The van der Waals surface area contributed by atoms with Crippen LogP contribution < -0.4 is 5.73 Å². The van der Waals surface area contributed by atoms with Crippen LogP contribution in [0.5, 0.6) is 0 Å². The maximum absolute atomic E-state index is 5.78. The summed E-state index contributed by atoms with van der Waals surface area (Å²) in [5, 5.41) is 4.29. The van der Waals surface area contributed by atoms with Crippen LogP contribution in [0.25, 0.3) is 0 Å². The molecule has 74 valence electrons. The van der Waals surface area contributed by atoms with Crippen molar-refractivity contribution in [2.24, 2.45) is 0 Å². The lowest BCUT2D eigenvalue weighted by molar-refractivity contribution is 0.135. The number of nitrogen functional groups attached to an aromatic ring is 1. The Hall–Kier alpha value is -1.03. The predicted molar refractivity (Wildman–Crippen MR) is 52.6 cm³/mol. The second kappa shape index (κ2) is 4.28. The van der Waals surface area contributed by atoms with E-state index in [1.54, 1.807) is 0 Å². The first-order valence-electron chi connectivity index (χ1n) is 4.54. The van der Waals surface area contributed by atoms with E-state index in [4.69, 9.17) is 10.5 Å². The lowest BCUT2D eigenvalue weighted by atomic mass is 10.3. The monoisotopic (exact) mass is 183 g/mol. The molecule has 4 heteroatoms. The molecule has 0 saturated carbocycles. The molecule has 0 aromatic carbocycles. The minimum atomic E-state index is 0.692. The fraction of sp³-hybridized carbons (Fsp3) is 0.667. The molecular weight excluding hydrogens is 166 g/mol. The summed E-state index contributed by atoms with van der Waals surface area (Å²) in [6, 6.07) is 0. The van der Waals surface area contributed by atoms with Gasteiger partial charge in [-0.2, -0.15) is 5.10 Å². The summed E-state index contributed by atoms with van der Waals surface area (Å²) in [7, 11) is 0. The topological polar surface area (TPSA) is 53.1 Å². The molecule has 0 aliphatic heterocycles. The Morgan fingerprint density at radius 1 is 1.46 bits per heavy atom. The smallest absolute Gasteiger partial charge is 0.0825 e. The lowest BCUT2D eigenvalue weighted by Gasteiger charge is -2.03. The van der Waals surface area contributed by atoms with E-state index in [-0.39, 0.29) is 0 Å². The van der Waals surface area contributed by atoms with E-state index in [0.29, 0.717) is 6.61 Å². The molecule has 0 bridgehead atoms. The highest BCUT2D eigenvalue weighted by Gasteiger charge is 2.06. The molecule has 1 rings (SSSR count). The van der Waals surface area contributed by atoms with Crippen molar-refractivity contribution in [1.29, 1.82) is 0 Å². The molecule has 0 aliphatic rings. The minimum absolute atomic E-state index is 0.692. The first-order valence-corrected chi connectivity index (χ1v) is 4.54. The van der Waals surface area contributed by atoms with E-state index < -0.39 is 0 Å². The third-order valence-corrected chi connectivity index (χ3v) is 2.09. The summed E-state index contributed by atoms with van der Waals surface area (Å²) in [6.45, 7) is 8.08. The van der Waals surface area contributed by atoms with Crippen molar-refractivity contribution in [2.75, 3.05) is 18.9 Å². The number of aryl methyl sites for hydroxylation is 1. The molecule has 4 nitrogen and oxygen atoms in total. The first-order chi connectivity index (χ1) is 6.16. The molecule has 0 fully saturated rings. The molecule has 0 amide bonds.